The summed E-state index contributed by atoms with van der Waals surface area (Å²) in [6.45, 7) is 10.7. The quantitative estimate of drug-likeness (QED) is 0.390. The van der Waals surface area contributed by atoms with Gasteiger partial charge in [0.1, 0.15) is 12.1 Å². The maximum absolute atomic E-state index is 13.5. The van der Waals surface area contributed by atoms with Gasteiger partial charge in [-0.05, 0) is 30.6 Å². The molecule has 2 heterocycles. The lowest BCUT2D eigenvalue weighted by atomic mass is 9.85. The standard InChI is InChI=1S/C24H38N4O5/c1-14(2)20(30)26-19(24(3,4)5)23(33)28-10-6-7-17(28)21(31)25-16(13-15-8-9-15)18(29)22(32)27-11-12-27/h14-17,19H,6-13H2,1-5H3,(H,25,31)(H,26,30)/t16?,17-,19+/m0/s1. The molecule has 2 aliphatic heterocycles. The largest absolute Gasteiger partial charge is 0.344 e. The minimum atomic E-state index is -0.852. The van der Waals surface area contributed by atoms with Gasteiger partial charge in [0.15, 0.2) is 0 Å². The molecule has 0 aromatic carbocycles. The van der Waals surface area contributed by atoms with Gasteiger partial charge in [-0.15, -0.1) is 0 Å². The molecule has 3 fully saturated rings. The molecule has 0 aromatic heterocycles. The van der Waals surface area contributed by atoms with Gasteiger partial charge in [-0.1, -0.05) is 47.5 Å². The molecule has 184 valence electrons. The highest BCUT2D eigenvalue weighted by molar-refractivity contribution is 6.38. The van der Waals surface area contributed by atoms with E-state index in [1.165, 1.54) is 9.80 Å². The number of ketones is 1. The zero-order chi connectivity index (χ0) is 24.5. The monoisotopic (exact) mass is 462 g/mol. The number of likely N-dealkylation sites (tertiary alicyclic amines) is 1. The Morgan fingerprint density at radius 1 is 0.939 bits per heavy atom. The molecule has 1 saturated carbocycles. The van der Waals surface area contributed by atoms with Crippen LogP contribution in [0.1, 0.15) is 66.7 Å². The minimum absolute atomic E-state index is 0.216. The second-order valence-corrected chi connectivity index (χ2v) is 11.0. The van der Waals surface area contributed by atoms with Crippen LogP contribution in [0.5, 0.6) is 0 Å². The van der Waals surface area contributed by atoms with E-state index in [1.807, 2.05) is 20.8 Å². The Hall–Kier alpha value is -2.45. The van der Waals surface area contributed by atoms with Crippen LogP contribution in [0, 0.1) is 17.3 Å². The molecular formula is C24H38N4O5. The minimum Gasteiger partial charge on any atom is -0.344 e. The van der Waals surface area contributed by atoms with E-state index in [2.05, 4.69) is 10.6 Å². The molecule has 0 radical (unpaired) electrons. The summed E-state index contributed by atoms with van der Waals surface area (Å²) in [5, 5.41) is 5.65. The van der Waals surface area contributed by atoms with Gasteiger partial charge in [0.05, 0.1) is 6.04 Å². The molecule has 9 nitrogen and oxygen atoms in total. The van der Waals surface area contributed by atoms with Gasteiger partial charge in [-0.3, -0.25) is 24.0 Å². The van der Waals surface area contributed by atoms with E-state index < -0.39 is 41.1 Å². The third-order valence-electron chi connectivity index (χ3n) is 6.61. The lowest BCUT2D eigenvalue weighted by molar-refractivity contribution is -0.146. The number of hydrogen-bond acceptors (Lipinski definition) is 5. The van der Waals surface area contributed by atoms with E-state index in [0.717, 1.165) is 12.8 Å². The van der Waals surface area contributed by atoms with Crippen molar-refractivity contribution < 1.29 is 24.0 Å². The van der Waals surface area contributed by atoms with Gasteiger partial charge in [-0.2, -0.15) is 0 Å². The maximum atomic E-state index is 13.5. The molecule has 9 heteroatoms. The van der Waals surface area contributed by atoms with E-state index in [0.29, 0.717) is 44.8 Å². The Morgan fingerprint density at radius 2 is 1.58 bits per heavy atom. The number of nitrogens with zero attached hydrogens (tertiary/aromatic N) is 2. The highest BCUT2D eigenvalue weighted by Crippen LogP contribution is 2.34. The number of amides is 4. The Balaban J connectivity index is 1.71. The smallest absolute Gasteiger partial charge is 0.292 e. The number of nitrogens with one attached hydrogen (secondary N) is 2. The summed E-state index contributed by atoms with van der Waals surface area (Å²) in [6.07, 6.45) is 3.59. The lowest BCUT2D eigenvalue weighted by Crippen LogP contribution is -2.59. The van der Waals surface area contributed by atoms with Crippen LogP contribution in [-0.2, 0) is 24.0 Å². The summed E-state index contributed by atoms with van der Waals surface area (Å²) in [6, 6.07) is -2.34. The molecule has 0 spiro atoms. The first-order valence-electron chi connectivity index (χ1n) is 12.1. The van der Waals surface area contributed by atoms with E-state index in [1.54, 1.807) is 13.8 Å². The van der Waals surface area contributed by atoms with Crippen LogP contribution in [0.25, 0.3) is 0 Å². The van der Waals surface area contributed by atoms with Crippen molar-refractivity contribution in [2.45, 2.75) is 84.8 Å². The SMILES string of the molecule is CC(C)C(=O)N[C@H](C(=O)N1CCC[C@H]1C(=O)NC(CC1CC1)C(=O)C(=O)N1CC1)C(C)(C)C. The number of carbonyl (C=O) groups excluding carboxylic acids is 5. The van der Waals surface area contributed by atoms with Crippen LogP contribution in [0.4, 0.5) is 0 Å². The van der Waals surface area contributed by atoms with Crippen molar-refractivity contribution in [3.8, 4) is 0 Å². The van der Waals surface area contributed by atoms with Crippen LogP contribution >= 0.6 is 0 Å². The molecule has 1 aliphatic carbocycles. The van der Waals surface area contributed by atoms with Crippen LogP contribution in [0.3, 0.4) is 0 Å². The third kappa shape index (κ3) is 6.32. The topological polar surface area (TPSA) is 116 Å². The zero-order valence-corrected chi connectivity index (χ0v) is 20.5. The molecular weight excluding hydrogens is 424 g/mol. The van der Waals surface area contributed by atoms with Crippen molar-refractivity contribution in [2.75, 3.05) is 19.6 Å². The summed E-state index contributed by atoms with van der Waals surface area (Å²) in [5.41, 5.74) is -0.541. The van der Waals surface area contributed by atoms with Crippen LogP contribution in [0.2, 0.25) is 0 Å². The van der Waals surface area contributed by atoms with Gasteiger partial charge < -0.3 is 20.4 Å². The first-order valence-corrected chi connectivity index (χ1v) is 12.1. The van der Waals surface area contributed by atoms with Crippen molar-refractivity contribution in [1.82, 2.24) is 20.4 Å². The Bertz CT molecular complexity index is 810. The average molecular weight is 463 g/mol. The summed E-state index contributed by atoms with van der Waals surface area (Å²) < 4.78 is 0. The maximum Gasteiger partial charge on any atom is 0.292 e. The predicted octanol–water partition coefficient (Wildman–Crippen LogP) is 0.861. The van der Waals surface area contributed by atoms with Gasteiger partial charge >= 0.3 is 0 Å². The number of Topliss-reactive ketones (excluding diaryl/α,β-unsaturated/α-hetero) is 1. The number of hydrogen-bond donors (Lipinski definition) is 2. The van der Waals surface area contributed by atoms with E-state index in [4.69, 9.17) is 0 Å². The second-order valence-electron chi connectivity index (χ2n) is 11.0. The fourth-order valence-corrected chi connectivity index (χ4v) is 4.17. The fourth-order valence-electron chi connectivity index (χ4n) is 4.17. The van der Waals surface area contributed by atoms with Crippen molar-refractivity contribution in [3.05, 3.63) is 0 Å². The highest BCUT2D eigenvalue weighted by atomic mass is 16.2. The Labute approximate surface area is 196 Å². The van der Waals surface area contributed by atoms with Crippen LogP contribution in [0.15, 0.2) is 0 Å². The Morgan fingerprint density at radius 3 is 2.09 bits per heavy atom. The molecule has 3 rings (SSSR count). The molecule has 0 aromatic rings. The zero-order valence-electron chi connectivity index (χ0n) is 20.5. The number of rotatable bonds is 9. The predicted molar refractivity (Wildman–Crippen MR) is 122 cm³/mol. The molecule has 0 bridgehead atoms. The molecule has 2 saturated heterocycles. The van der Waals surface area contributed by atoms with Crippen molar-refractivity contribution in [2.24, 2.45) is 17.3 Å². The lowest BCUT2D eigenvalue weighted by Gasteiger charge is -2.36. The number of carbonyl (C=O) groups is 5. The van der Waals surface area contributed by atoms with Crippen molar-refractivity contribution >= 4 is 29.4 Å². The Kier molecular flexibility index (Phi) is 7.49. The van der Waals surface area contributed by atoms with Crippen molar-refractivity contribution in [1.29, 1.82) is 0 Å². The van der Waals surface area contributed by atoms with Crippen LogP contribution in [-0.4, -0.2) is 77.0 Å². The van der Waals surface area contributed by atoms with E-state index in [-0.39, 0.29) is 17.7 Å². The molecule has 4 amide bonds. The highest BCUT2D eigenvalue weighted by Gasteiger charge is 2.44. The molecule has 3 aliphatic rings. The van der Waals surface area contributed by atoms with Gasteiger partial charge in [0.25, 0.3) is 5.91 Å². The van der Waals surface area contributed by atoms with Gasteiger partial charge in [-0.25, -0.2) is 0 Å². The van der Waals surface area contributed by atoms with E-state index >= 15 is 0 Å². The molecule has 33 heavy (non-hydrogen) atoms. The molecule has 3 atom stereocenters. The molecule has 1 unspecified atom stereocenters. The molecule has 2 N–H and O–H groups in total. The summed E-state index contributed by atoms with van der Waals surface area (Å²) >= 11 is 0. The van der Waals surface area contributed by atoms with Gasteiger partial charge in [0, 0.05) is 25.6 Å². The first-order chi connectivity index (χ1) is 15.4. The van der Waals surface area contributed by atoms with Crippen molar-refractivity contribution in [3.63, 3.8) is 0 Å². The summed E-state index contributed by atoms with van der Waals surface area (Å²) in [5.74, 6) is -1.94. The summed E-state index contributed by atoms with van der Waals surface area (Å²) in [4.78, 5) is 67.1. The fraction of sp³-hybridized carbons (Fsp3) is 0.792. The van der Waals surface area contributed by atoms with Crippen LogP contribution < -0.4 is 10.6 Å². The van der Waals surface area contributed by atoms with Gasteiger partial charge in [0.2, 0.25) is 23.5 Å². The third-order valence-corrected chi connectivity index (χ3v) is 6.61. The normalized spacial score (nSPS) is 22.1. The van der Waals surface area contributed by atoms with E-state index in [9.17, 15) is 24.0 Å². The average Bonchev–Trinajstić information content (AvgIpc) is 3.67. The first kappa shape index (κ1) is 25.2. The summed E-state index contributed by atoms with van der Waals surface area (Å²) in [7, 11) is 0. The second kappa shape index (κ2) is 9.81.